The number of benzene rings is 1. The standard InChI is InChI=1S/C17H26N2O2/c1-12(2)8-14-11-19(13(3)10-18-14)15-4-5-16-17(9-15)21-7-6-20-16/h4-5,9,12-14,18H,6-8,10-11H2,1-3H3. The van der Waals surface area contributed by atoms with E-state index < -0.39 is 0 Å². The van der Waals surface area contributed by atoms with E-state index in [9.17, 15) is 0 Å². The Hall–Kier alpha value is -1.42. The Kier molecular flexibility index (Phi) is 4.24. The number of piperazine rings is 1. The fraction of sp³-hybridized carbons (Fsp3) is 0.647. The van der Waals surface area contributed by atoms with Gasteiger partial charge < -0.3 is 19.7 Å². The summed E-state index contributed by atoms with van der Waals surface area (Å²) in [6, 6.07) is 7.38. The number of fused-ring (bicyclic) bond motifs is 1. The van der Waals surface area contributed by atoms with Crippen molar-refractivity contribution in [1.82, 2.24) is 5.32 Å². The second-order valence-electron chi connectivity index (χ2n) is 6.56. The van der Waals surface area contributed by atoms with Crippen LogP contribution < -0.4 is 19.7 Å². The first-order chi connectivity index (χ1) is 10.1. The SMILES string of the molecule is CC(C)CC1CN(c2ccc3c(c2)OCCO3)C(C)CN1. The van der Waals surface area contributed by atoms with Crippen molar-refractivity contribution in [2.75, 3.05) is 31.2 Å². The summed E-state index contributed by atoms with van der Waals surface area (Å²) in [5, 5.41) is 3.66. The molecule has 0 saturated carbocycles. The molecule has 0 aromatic heterocycles. The van der Waals surface area contributed by atoms with Gasteiger partial charge in [-0.1, -0.05) is 13.8 Å². The van der Waals surface area contributed by atoms with Gasteiger partial charge in [0.05, 0.1) is 0 Å². The van der Waals surface area contributed by atoms with Crippen LogP contribution in [0.4, 0.5) is 5.69 Å². The Balaban J connectivity index is 1.77. The smallest absolute Gasteiger partial charge is 0.163 e. The van der Waals surface area contributed by atoms with Crippen molar-refractivity contribution in [3.63, 3.8) is 0 Å². The first-order valence-electron chi connectivity index (χ1n) is 8.03. The van der Waals surface area contributed by atoms with E-state index in [0.717, 1.165) is 30.5 Å². The van der Waals surface area contributed by atoms with Gasteiger partial charge in [-0.25, -0.2) is 0 Å². The molecule has 1 fully saturated rings. The number of hydrogen-bond acceptors (Lipinski definition) is 4. The third kappa shape index (κ3) is 3.26. The molecule has 0 spiro atoms. The van der Waals surface area contributed by atoms with Crippen LogP contribution in [-0.2, 0) is 0 Å². The van der Waals surface area contributed by atoms with Crippen LogP contribution in [-0.4, -0.2) is 38.4 Å². The van der Waals surface area contributed by atoms with Gasteiger partial charge in [0.1, 0.15) is 13.2 Å². The number of rotatable bonds is 3. The van der Waals surface area contributed by atoms with Gasteiger partial charge in [-0.3, -0.25) is 0 Å². The number of nitrogens with zero attached hydrogens (tertiary/aromatic N) is 1. The fourth-order valence-electron chi connectivity index (χ4n) is 3.23. The average molecular weight is 290 g/mol. The van der Waals surface area contributed by atoms with Gasteiger partial charge in [0.2, 0.25) is 0 Å². The molecular weight excluding hydrogens is 264 g/mol. The van der Waals surface area contributed by atoms with Gasteiger partial charge in [-0.2, -0.15) is 0 Å². The highest BCUT2D eigenvalue weighted by Crippen LogP contribution is 2.35. The Morgan fingerprint density at radius 2 is 2.00 bits per heavy atom. The maximum atomic E-state index is 5.71. The average Bonchev–Trinajstić information content (AvgIpc) is 2.48. The molecule has 116 valence electrons. The molecule has 2 atom stereocenters. The zero-order valence-electron chi connectivity index (χ0n) is 13.3. The zero-order chi connectivity index (χ0) is 14.8. The van der Waals surface area contributed by atoms with Crippen molar-refractivity contribution < 1.29 is 9.47 Å². The van der Waals surface area contributed by atoms with Crippen molar-refractivity contribution in [3.05, 3.63) is 18.2 Å². The maximum absolute atomic E-state index is 5.71. The summed E-state index contributed by atoms with van der Waals surface area (Å²) in [7, 11) is 0. The molecule has 4 heteroatoms. The zero-order valence-corrected chi connectivity index (χ0v) is 13.3. The third-order valence-corrected chi connectivity index (χ3v) is 4.26. The van der Waals surface area contributed by atoms with Crippen LogP contribution in [0.5, 0.6) is 11.5 Å². The molecular formula is C17H26N2O2. The molecule has 1 saturated heterocycles. The molecule has 2 unspecified atom stereocenters. The van der Waals surface area contributed by atoms with Crippen LogP contribution in [0.25, 0.3) is 0 Å². The molecule has 0 bridgehead atoms. The summed E-state index contributed by atoms with van der Waals surface area (Å²) < 4.78 is 11.3. The highest BCUT2D eigenvalue weighted by Gasteiger charge is 2.26. The van der Waals surface area contributed by atoms with E-state index in [1.54, 1.807) is 0 Å². The first-order valence-corrected chi connectivity index (χ1v) is 8.03. The molecule has 0 aliphatic carbocycles. The van der Waals surface area contributed by atoms with Crippen LogP contribution in [0.1, 0.15) is 27.2 Å². The molecule has 2 aliphatic heterocycles. The Labute approximate surface area is 127 Å². The molecule has 2 aliphatic rings. The molecule has 1 aromatic rings. The molecule has 4 nitrogen and oxygen atoms in total. The minimum absolute atomic E-state index is 0.496. The normalized spacial score (nSPS) is 25.2. The summed E-state index contributed by atoms with van der Waals surface area (Å²) in [5.74, 6) is 2.47. The van der Waals surface area contributed by atoms with Gasteiger partial charge in [0.15, 0.2) is 11.5 Å². The Bertz CT molecular complexity index is 490. The predicted molar refractivity (Wildman–Crippen MR) is 85.5 cm³/mol. The van der Waals surface area contributed by atoms with Crippen molar-refractivity contribution >= 4 is 5.69 Å². The quantitative estimate of drug-likeness (QED) is 0.928. The van der Waals surface area contributed by atoms with E-state index in [1.807, 2.05) is 6.07 Å². The lowest BCUT2D eigenvalue weighted by Crippen LogP contribution is -2.56. The van der Waals surface area contributed by atoms with E-state index in [4.69, 9.17) is 9.47 Å². The van der Waals surface area contributed by atoms with Crippen LogP contribution in [0.2, 0.25) is 0 Å². The van der Waals surface area contributed by atoms with E-state index in [2.05, 4.69) is 43.1 Å². The Morgan fingerprint density at radius 3 is 2.76 bits per heavy atom. The molecule has 3 rings (SSSR count). The summed E-state index contributed by atoms with van der Waals surface area (Å²) >= 11 is 0. The molecule has 2 heterocycles. The van der Waals surface area contributed by atoms with E-state index in [-0.39, 0.29) is 0 Å². The van der Waals surface area contributed by atoms with E-state index >= 15 is 0 Å². The highest BCUT2D eigenvalue weighted by atomic mass is 16.6. The van der Waals surface area contributed by atoms with Crippen LogP contribution in [0.3, 0.4) is 0 Å². The Morgan fingerprint density at radius 1 is 1.24 bits per heavy atom. The first kappa shape index (κ1) is 14.5. The molecule has 1 aromatic carbocycles. The lowest BCUT2D eigenvalue weighted by Gasteiger charge is -2.41. The highest BCUT2D eigenvalue weighted by molar-refractivity contribution is 5.57. The van der Waals surface area contributed by atoms with Crippen molar-refractivity contribution in [3.8, 4) is 11.5 Å². The molecule has 1 N–H and O–H groups in total. The van der Waals surface area contributed by atoms with Gasteiger partial charge in [0, 0.05) is 36.9 Å². The fourth-order valence-corrected chi connectivity index (χ4v) is 3.23. The molecule has 21 heavy (non-hydrogen) atoms. The monoisotopic (exact) mass is 290 g/mol. The van der Waals surface area contributed by atoms with Crippen molar-refractivity contribution in [2.24, 2.45) is 5.92 Å². The van der Waals surface area contributed by atoms with Crippen LogP contribution >= 0.6 is 0 Å². The lowest BCUT2D eigenvalue weighted by atomic mass is 9.99. The summed E-state index contributed by atoms with van der Waals surface area (Å²) in [6.45, 7) is 10.2. The van der Waals surface area contributed by atoms with Crippen molar-refractivity contribution in [2.45, 2.75) is 39.3 Å². The maximum Gasteiger partial charge on any atom is 0.163 e. The van der Waals surface area contributed by atoms with E-state index in [1.165, 1.54) is 12.1 Å². The number of ether oxygens (including phenoxy) is 2. The number of nitrogens with one attached hydrogen (secondary N) is 1. The second kappa shape index (κ2) is 6.14. The molecule has 0 amide bonds. The summed E-state index contributed by atoms with van der Waals surface area (Å²) in [6.07, 6.45) is 1.22. The predicted octanol–water partition coefficient (Wildman–Crippen LogP) is 2.67. The summed E-state index contributed by atoms with van der Waals surface area (Å²) in [4.78, 5) is 2.49. The molecule has 0 radical (unpaired) electrons. The van der Waals surface area contributed by atoms with Crippen LogP contribution in [0.15, 0.2) is 18.2 Å². The minimum atomic E-state index is 0.496. The minimum Gasteiger partial charge on any atom is -0.486 e. The van der Waals surface area contributed by atoms with Crippen molar-refractivity contribution in [1.29, 1.82) is 0 Å². The number of anilines is 1. The second-order valence-corrected chi connectivity index (χ2v) is 6.56. The largest absolute Gasteiger partial charge is 0.486 e. The lowest BCUT2D eigenvalue weighted by molar-refractivity contribution is 0.171. The third-order valence-electron chi connectivity index (χ3n) is 4.26. The van der Waals surface area contributed by atoms with Gasteiger partial charge >= 0.3 is 0 Å². The number of hydrogen-bond donors (Lipinski definition) is 1. The van der Waals surface area contributed by atoms with Gasteiger partial charge in [-0.15, -0.1) is 0 Å². The summed E-state index contributed by atoms with van der Waals surface area (Å²) in [5.41, 5.74) is 1.24. The van der Waals surface area contributed by atoms with E-state index in [0.29, 0.717) is 25.3 Å². The van der Waals surface area contributed by atoms with Crippen LogP contribution in [0, 0.1) is 5.92 Å². The topological polar surface area (TPSA) is 33.7 Å². The van der Waals surface area contributed by atoms with Gasteiger partial charge in [0.25, 0.3) is 0 Å². The van der Waals surface area contributed by atoms with Gasteiger partial charge in [-0.05, 0) is 31.4 Å².